The predicted molar refractivity (Wildman–Crippen MR) is 95.3 cm³/mol. The lowest BCUT2D eigenvalue weighted by Crippen LogP contribution is -2.32. The number of alkyl halides is 1. The second-order valence-electron chi connectivity index (χ2n) is 4.58. The number of carbonyl (C=O) groups excluding carboxylic acids is 1. The van der Waals surface area contributed by atoms with Gasteiger partial charge in [0.05, 0.1) is 12.2 Å². The van der Waals surface area contributed by atoms with Gasteiger partial charge in [-0.3, -0.25) is 10.3 Å². The van der Waals surface area contributed by atoms with E-state index in [0.717, 1.165) is 11.8 Å². The Kier molecular flexibility index (Phi) is 7.04. The molecule has 1 aliphatic heterocycles. The summed E-state index contributed by atoms with van der Waals surface area (Å²) < 4.78 is 32.1. The van der Waals surface area contributed by atoms with Crippen LogP contribution >= 0.6 is 11.8 Å². The number of amidine groups is 1. The number of anilines is 1. The van der Waals surface area contributed by atoms with E-state index >= 15 is 0 Å². The Labute approximate surface area is 147 Å². The normalized spacial score (nSPS) is 13.8. The Morgan fingerprint density at radius 2 is 2.24 bits per heavy atom. The van der Waals surface area contributed by atoms with Crippen LogP contribution in [-0.2, 0) is 0 Å². The molecule has 5 nitrogen and oxygen atoms in total. The van der Waals surface area contributed by atoms with Crippen molar-refractivity contribution in [3.8, 4) is 5.75 Å². The molecule has 1 aliphatic rings. The summed E-state index contributed by atoms with van der Waals surface area (Å²) in [5.74, 6) is -0.591. The molecule has 8 heteroatoms. The van der Waals surface area contributed by atoms with Gasteiger partial charge in [0.15, 0.2) is 29.2 Å². The molecule has 0 atom stereocenters. The molecule has 2 N–H and O–H groups in total. The van der Waals surface area contributed by atoms with Crippen LogP contribution in [0.25, 0.3) is 0 Å². The molecule has 0 spiro atoms. The lowest BCUT2D eigenvalue weighted by atomic mass is 10.3. The van der Waals surface area contributed by atoms with Gasteiger partial charge in [0.25, 0.3) is 0 Å². The van der Waals surface area contributed by atoms with Crippen LogP contribution in [0.3, 0.4) is 0 Å². The third-order valence-corrected chi connectivity index (χ3v) is 3.75. The molecule has 130 valence electrons. The van der Waals surface area contributed by atoms with E-state index in [9.17, 15) is 13.6 Å². The Morgan fingerprint density at radius 1 is 1.44 bits per heavy atom. The predicted octanol–water partition coefficient (Wildman–Crippen LogP) is 3.94. The van der Waals surface area contributed by atoms with Gasteiger partial charge in [-0.15, -0.1) is 0 Å². The quantitative estimate of drug-likeness (QED) is 0.473. The average Bonchev–Trinajstić information content (AvgIpc) is 3.11. The van der Waals surface area contributed by atoms with Crippen molar-refractivity contribution in [3.63, 3.8) is 0 Å². The Bertz CT molecular complexity index is 795. The van der Waals surface area contributed by atoms with Gasteiger partial charge in [-0.2, -0.15) is 0 Å². The van der Waals surface area contributed by atoms with Crippen molar-refractivity contribution in [2.24, 2.45) is 4.99 Å². The summed E-state index contributed by atoms with van der Waals surface area (Å²) in [5.41, 5.74) is 4.76. The van der Waals surface area contributed by atoms with Gasteiger partial charge < -0.3 is 10.1 Å². The minimum Gasteiger partial charge on any atom is -0.454 e. The summed E-state index contributed by atoms with van der Waals surface area (Å²) in [6, 6.07) is 5.77. The first-order valence-corrected chi connectivity index (χ1v) is 8.20. The fraction of sp³-hybridized carbons (Fsp3) is 0.176. The van der Waals surface area contributed by atoms with E-state index in [1.165, 1.54) is 17.8 Å². The van der Waals surface area contributed by atoms with Crippen molar-refractivity contribution in [2.45, 2.75) is 0 Å². The number of ether oxygens (including phenoxy) is 1. The second kappa shape index (κ2) is 9.49. The highest BCUT2D eigenvalue weighted by molar-refractivity contribution is 8.14. The average molecular weight is 363 g/mol. The minimum absolute atomic E-state index is 0.0949. The first kappa shape index (κ1) is 18.5. The lowest BCUT2D eigenvalue weighted by Gasteiger charge is -2.13. The van der Waals surface area contributed by atoms with Gasteiger partial charge in [-0.1, -0.05) is 35.4 Å². The highest BCUT2D eigenvalue weighted by Gasteiger charge is 2.14. The molecule has 0 radical (unpaired) electrons. The standard InChI is InChI=1S/C17H15F2N3O2S/c1-2-3-6-12(19)15(11-18)24-14-8-5-4-7-13(14)21-16(23)22-17-20-9-10-25-17/h4-8H,1,9-11H2,(H2,20,21,22,23)/b15-12-. The number of halogens is 2. The van der Waals surface area contributed by atoms with Gasteiger partial charge in [0, 0.05) is 11.8 Å². The number of benzene rings is 1. The highest BCUT2D eigenvalue weighted by Crippen LogP contribution is 2.27. The van der Waals surface area contributed by atoms with Crippen LogP contribution in [0.15, 0.2) is 65.0 Å². The first-order chi connectivity index (χ1) is 12.1. The van der Waals surface area contributed by atoms with Crippen molar-refractivity contribution in [1.29, 1.82) is 0 Å². The molecule has 1 aromatic carbocycles. The van der Waals surface area contributed by atoms with Gasteiger partial charge in [-0.05, 0) is 18.7 Å². The smallest absolute Gasteiger partial charge is 0.325 e. The fourth-order valence-corrected chi connectivity index (χ4v) is 2.51. The number of allylic oxidation sites excluding steroid dienone is 3. The lowest BCUT2D eigenvalue weighted by molar-refractivity contribution is 0.256. The van der Waals surface area contributed by atoms with Crippen molar-refractivity contribution < 1.29 is 18.3 Å². The first-order valence-electron chi connectivity index (χ1n) is 7.21. The van der Waals surface area contributed by atoms with E-state index < -0.39 is 24.3 Å². The number of hydrogen-bond donors (Lipinski definition) is 2. The van der Waals surface area contributed by atoms with Crippen molar-refractivity contribution in [2.75, 3.05) is 24.3 Å². The summed E-state index contributed by atoms with van der Waals surface area (Å²) in [5, 5.41) is 5.67. The van der Waals surface area contributed by atoms with Crippen LogP contribution in [0.1, 0.15) is 0 Å². The Morgan fingerprint density at radius 3 is 2.92 bits per heavy atom. The zero-order valence-electron chi connectivity index (χ0n) is 13.1. The molecule has 1 aromatic rings. The summed E-state index contributed by atoms with van der Waals surface area (Å²) in [4.78, 5) is 16.1. The van der Waals surface area contributed by atoms with E-state index in [2.05, 4.69) is 33.7 Å². The maximum Gasteiger partial charge on any atom is 0.325 e. The number of nitrogens with zero attached hydrogens (tertiary/aromatic N) is 1. The van der Waals surface area contributed by atoms with Crippen LogP contribution in [-0.4, -0.2) is 30.2 Å². The van der Waals surface area contributed by atoms with Gasteiger partial charge >= 0.3 is 6.03 Å². The molecular weight excluding hydrogens is 348 g/mol. The number of carbonyl (C=O) groups is 1. The molecule has 0 aliphatic carbocycles. The molecule has 2 rings (SSSR count). The van der Waals surface area contributed by atoms with Crippen molar-refractivity contribution in [1.82, 2.24) is 5.32 Å². The molecule has 0 aromatic heterocycles. The fourth-order valence-electron chi connectivity index (χ4n) is 1.79. The number of thioether (sulfide) groups is 1. The van der Waals surface area contributed by atoms with Crippen LogP contribution in [0.4, 0.5) is 19.3 Å². The molecule has 2 amide bonds. The molecule has 0 unspecified atom stereocenters. The third-order valence-electron chi connectivity index (χ3n) is 2.86. The van der Waals surface area contributed by atoms with E-state index in [1.54, 1.807) is 18.2 Å². The number of urea groups is 1. The van der Waals surface area contributed by atoms with Crippen LogP contribution in [0.5, 0.6) is 5.75 Å². The van der Waals surface area contributed by atoms with Crippen LogP contribution < -0.4 is 15.4 Å². The van der Waals surface area contributed by atoms with Crippen molar-refractivity contribution >= 4 is 28.6 Å². The maximum absolute atomic E-state index is 13.8. The Hall–Kier alpha value is -2.79. The SMILES string of the molecule is C=C=C=C/C(F)=C(\CF)Oc1ccccc1NC(=O)NC1=NCCS1. The second-order valence-corrected chi connectivity index (χ2v) is 5.67. The molecular formula is C17H15F2N3O2S. The third kappa shape index (κ3) is 5.65. The molecule has 25 heavy (non-hydrogen) atoms. The number of nitrogens with one attached hydrogen (secondary N) is 2. The topological polar surface area (TPSA) is 62.7 Å². The molecule has 0 saturated carbocycles. The van der Waals surface area contributed by atoms with Crippen LogP contribution in [0, 0.1) is 0 Å². The van der Waals surface area contributed by atoms with Gasteiger partial charge in [0.1, 0.15) is 0 Å². The number of hydrogen-bond acceptors (Lipinski definition) is 4. The highest BCUT2D eigenvalue weighted by atomic mass is 32.2. The summed E-state index contributed by atoms with van der Waals surface area (Å²) in [7, 11) is 0. The molecule has 0 fully saturated rings. The summed E-state index contributed by atoms with van der Waals surface area (Å²) in [6.45, 7) is 2.71. The van der Waals surface area contributed by atoms with Gasteiger partial charge in [0.2, 0.25) is 0 Å². The largest absolute Gasteiger partial charge is 0.454 e. The van der Waals surface area contributed by atoms with E-state index in [1.807, 2.05) is 0 Å². The molecule has 0 saturated heterocycles. The van der Waals surface area contributed by atoms with E-state index in [-0.39, 0.29) is 11.4 Å². The Balaban J connectivity index is 2.15. The van der Waals surface area contributed by atoms with Crippen LogP contribution in [0.2, 0.25) is 0 Å². The minimum atomic E-state index is -1.17. The molecule has 0 bridgehead atoms. The monoisotopic (exact) mass is 363 g/mol. The number of rotatable bonds is 5. The maximum atomic E-state index is 13.8. The number of para-hydroxylation sites is 2. The van der Waals surface area contributed by atoms with Crippen molar-refractivity contribution in [3.05, 3.63) is 60.0 Å². The number of amides is 2. The summed E-state index contributed by atoms with van der Waals surface area (Å²) in [6.07, 6.45) is 0.861. The number of aliphatic imine (C=N–C) groups is 1. The van der Waals surface area contributed by atoms with E-state index in [0.29, 0.717) is 11.7 Å². The van der Waals surface area contributed by atoms with Gasteiger partial charge in [-0.25, -0.2) is 13.6 Å². The molecule has 1 heterocycles. The van der Waals surface area contributed by atoms with E-state index in [4.69, 9.17) is 4.74 Å². The summed E-state index contributed by atoms with van der Waals surface area (Å²) >= 11 is 1.43. The zero-order valence-corrected chi connectivity index (χ0v) is 14.0. The zero-order chi connectivity index (χ0) is 18.1.